The summed E-state index contributed by atoms with van der Waals surface area (Å²) in [7, 11) is 2.94. The highest BCUT2D eigenvalue weighted by atomic mass is 32.2. The third-order valence-corrected chi connectivity index (χ3v) is 5.57. The molecule has 0 aliphatic carbocycles. The van der Waals surface area contributed by atoms with Gasteiger partial charge in [-0.15, -0.1) is 0 Å². The molecule has 0 saturated carbocycles. The van der Waals surface area contributed by atoms with Crippen molar-refractivity contribution in [2.75, 3.05) is 18.6 Å². The van der Waals surface area contributed by atoms with Gasteiger partial charge in [0.05, 0.1) is 12.9 Å². The SMILES string of the molecule is CCCn1c(N)c(C(=O)CSc2nccn2-c2ccc(OC)cc2)c(=O)n(C)c1=O. The van der Waals surface area contributed by atoms with Gasteiger partial charge in [0.2, 0.25) is 0 Å². The van der Waals surface area contributed by atoms with Crippen LogP contribution >= 0.6 is 11.8 Å². The van der Waals surface area contributed by atoms with Gasteiger partial charge >= 0.3 is 5.69 Å². The van der Waals surface area contributed by atoms with Gasteiger partial charge in [0.1, 0.15) is 17.1 Å². The fraction of sp³-hybridized carbons (Fsp3) is 0.300. The summed E-state index contributed by atoms with van der Waals surface area (Å²) in [5.41, 5.74) is 5.50. The summed E-state index contributed by atoms with van der Waals surface area (Å²) in [6.45, 7) is 2.21. The molecule has 3 aromatic rings. The molecular formula is C20H23N5O4S. The van der Waals surface area contributed by atoms with Crippen LogP contribution in [0.2, 0.25) is 0 Å². The summed E-state index contributed by atoms with van der Waals surface area (Å²) in [6, 6.07) is 7.41. The minimum absolute atomic E-state index is 0.0447. The second kappa shape index (κ2) is 9.04. The summed E-state index contributed by atoms with van der Waals surface area (Å²) < 4.78 is 9.18. The molecule has 0 bridgehead atoms. The van der Waals surface area contributed by atoms with Crippen LogP contribution in [-0.4, -0.2) is 37.3 Å². The van der Waals surface area contributed by atoms with Gasteiger partial charge in [-0.2, -0.15) is 0 Å². The number of nitrogen functional groups attached to an aromatic ring is 1. The molecule has 2 heterocycles. The molecule has 10 heteroatoms. The van der Waals surface area contributed by atoms with Crippen molar-refractivity contribution in [3.63, 3.8) is 0 Å². The lowest BCUT2D eigenvalue weighted by Gasteiger charge is -2.14. The lowest BCUT2D eigenvalue weighted by Crippen LogP contribution is -2.42. The average Bonchev–Trinajstić information content (AvgIpc) is 3.22. The number of Topliss-reactive ketones (excluding diaryl/α,β-unsaturated/α-hetero) is 1. The third kappa shape index (κ3) is 4.04. The minimum atomic E-state index is -0.686. The molecule has 0 amide bonds. The van der Waals surface area contributed by atoms with Crippen molar-refractivity contribution in [1.29, 1.82) is 0 Å². The normalized spacial score (nSPS) is 10.9. The van der Waals surface area contributed by atoms with Gasteiger partial charge in [0.15, 0.2) is 10.9 Å². The summed E-state index contributed by atoms with van der Waals surface area (Å²) >= 11 is 1.19. The van der Waals surface area contributed by atoms with Crippen LogP contribution in [0.5, 0.6) is 5.75 Å². The number of ether oxygens (including phenoxy) is 1. The lowest BCUT2D eigenvalue weighted by molar-refractivity contribution is 0.102. The Morgan fingerprint density at radius 2 is 1.93 bits per heavy atom. The number of hydrogen-bond donors (Lipinski definition) is 1. The van der Waals surface area contributed by atoms with E-state index in [1.54, 1.807) is 19.5 Å². The molecule has 0 fully saturated rings. The zero-order chi connectivity index (χ0) is 21.8. The first kappa shape index (κ1) is 21.4. The Balaban J connectivity index is 1.86. The third-order valence-electron chi connectivity index (χ3n) is 4.60. The molecular weight excluding hydrogens is 406 g/mol. The molecule has 0 saturated heterocycles. The van der Waals surface area contributed by atoms with Crippen molar-refractivity contribution in [3.05, 3.63) is 63.1 Å². The second-order valence-corrected chi connectivity index (χ2v) is 7.49. The van der Waals surface area contributed by atoms with E-state index >= 15 is 0 Å². The predicted molar refractivity (Wildman–Crippen MR) is 116 cm³/mol. The van der Waals surface area contributed by atoms with E-state index in [9.17, 15) is 14.4 Å². The van der Waals surface area contributed by atoms with Crippen molar-refractivity contribution in [2.45, 2.75) is 25.0 Å². The van der Waals surface area contributed by atoms with E-state index in [2.05, 4.69) is 4.98 Å². The number of rotatable bonds is 8. The maximum absolute atomic E-state index is 12.8. The summed E-state index contributed by atoms with van der Waals surface area (Å²) in [5, 5.41) is 0.589. The molecule has 3 rings (SSSR count). The van der Waals surface area contributed by atoms with Gasteiger partial charge in [-0.05, 0) is 30.7 Å². The number of hydrogen-bond acceptors (Lipinski definition) is 7. The number of thioether (sulfide) groups is 1. The van der Waals surface area contributed by atoms with E-state index in [-0.39, 0.29) is 17.1 Å². The first-order valence-corrected chi connectivity index (χ1v) is 10.3. The van der Waals surface area contributed by atoms with Crippen molar-refractivity contribution in [2.24, 2.45) is 7.05 Å². The number of imidazole rings is 1. The van der Waals surface area contributed by atoms with E-state index in [1.165, 1.54) is 23.4 Å². The summed E-state index contributed by atoms with van der Waals surface area (Å²) in [6.07, 6.45) is 4.05. The number of carbonyl (C=O) groups excluding carboxylic acids is 1. The summed E-state index contributed by atoms with van der Waals surface area (Å²) in [4.78, 5) is 41.9. The molecule has 9 nitrogen and oxygen atoms in total. The average molecular weight is 430 g/mol. The molecule has 158 valence electrons. The Bertz CT molecular complexity index is 1180. The molecule has 0 spiro atoms. The van der Waals surface area contributed by atoms with Crippen molar-refractivity contribution < 1.29 is 9.53 Å². The van der Waals surface area contributed by atoms with Gasteiger partial charge in [0.25, 0.3) is 5.56 Å². The van der Waals surface area contributed by atoms with Crippen LogP contribution in [0.15, 0.2) is 51.4 Å². The maximum Gasteiger partial charge on any atom is 0.332 e. The van der Waals surface area contributed by atoms with E-state index in [1.807, 2.05) is 35.8 Å². The highest BCUT2D eigenvalue weighted by Crippen LogP contribution is 2.23. The Kier molecular flexibility index (Phi) is 6.46. The molecule has 0 aliphatic heterocycles. The standard InChI is InChI=1S/C20H23N5O4S/c1-4-10-25-17(21)16(18(27)23(2)20(25)28)15(26)12-30-19-22-9-11-24(19)13-5-7-14(29-3)8-6-13/h5-9,11H,4,10,12,21H2,1-3H3. The van der Waals surface area contributed by atoms with Crippen LogP contribution in [-0.2, 0) is 13.6 Å². The van der Waals surface area contributed by atoms with Crippen LogP contribution in [0.3, 0.4) is 0 Å². The molecule has 0 unspecified atom stereocenters. The van der Waals surface area contributed by atoms with Gasteiger partial charge in [0, 0.05) is 31.7 Å². The Morgan fingerprint density at radius 1 is 1.23 bits per heavy atom. The number of aromatic nitrogens is 4. The second-order valence-electron chi connectivity index (χ2n) is 6.55. The largest absolute Gasteiger partial charge is 0.497 e. The van der Waals surface area contributed by atoms with Gasteiger partial charge in [-0.25, -0.2) is 9.78 Å². The highest BCUT2D eigenvalue weighted by Gasteiger charge is 2.22. The van der Waals surface area contributed by atoms with E-state index in [0.29, 0.717) is 18.1 Å². The van der Waals surface area contributed by atoms with E-state index in [4.69, 9.17) is 10.5 Å². The van der Waals surface area contributed by atoms with Gasteiger partial charge in [-0.3, -0.25) is 23.3 Å². The maximum atomic E-state index is 12.8. The molecule has 2 N–H and O–H groups in total. The zero-order valence-corrected chi connectivity index (χ0v) is 17.8. The van der Waals surface area contributed by atoms with Crippen LogP contribution in [0.4, 0.5) is 5.82 Å². The lowest BCUT2D eigenvalue weighted by atomic mass is 10.2. The monoisotopic (exact) mass is 429 g/mol. The minimum Gasteiger partial charge on any atom is -0.497 e. The fourth-order valence-corrected chi connectivity index (χ4v) is 3.87. The van der Waals surface area contributed by atoms with E-state index in [0.717, 1.165) is 16.0 Å². The summed E-state index contributed by atoms with van der Waals surface area (Å²) in [5.74, 6) is 0.148. The number of nitrogens with zero attached hydrogens (tertiary/aromatic N) is 4. The molecule has 1 aromatic carbocycles. The van der Waals surface area contributed by atoms with Crippen molar-refractivity contribution in [1.82, 2.24) is 18.7 Å². The van der Waals surface area contributed by atoms with Gasteiger partial charge < -0.3 is 10.5 Å². The smallest absolute Gasteiger partial charge is 0.332 e. The Hall–Kier alpha value is -3.27. The molecule has 0 aliphatic rings. The number of methoxy groups -OCH3 is 1. The number of benzene rings is 1. The van der Waals surface area contributed by atoms with Crippen molar-refractivity contribution >= 4 is 23.4 Å². The highest BCUT2D eigenvalue weighted by molar-refractivity contribution is 7.99. The van der Waals surface area contributed by atoms with Crippen LogP contribution in [0, 0.1) is 0 Å². The quantitative estimate of drug-likeness (QED) is 0.428. The van der Waals surface area contributed by atoms with Crippen LogP contribution < -0.4 is 21.7 Å². The number of ketones is 1. The number of anilines is 1. The van der Waals surface area contributed by atoms with E-state index < -0.39 is 17.0 Å². The first-order valence-electron chi connectivity index (χ1n) is 9.32. The Labute approximate surface area is 177 Å². The zero-order valence-electron chi connectivity index (χ0n) is 17.0. The van der Waals surface area contributed by atoms with Crippen molar-refractivity contribution in [3.8, 4) is 11.4 Å². The topological polar surface area (TPSA) is 114 Å². The van der Waals surface area contributed by atoms with Crippen LogP contribution in [0.25, 0.3) is 5.69 Å². The number of carbonyl (C=O) groups is 1. The predicted octanol–water partition coefficient (Wildman–Crippen LogP) is 1.71. The van der Waals surface area contributed by atoms with Crippen LogP contribution in [0.1, 0.15) is 23.7 Å². The Morgan fingerprint density at radius 3 is 2.57 bits per heavy atom. The molecule has 30 heavy (non-hydrogen) atoms. The molecule has 0 radical (unpaired) electrons. The fourth-order valence-electron chi connectivity index (χ4n) is 3.02. The van der Waals surface area contributed by atoms with Gasteiger partial charge in [-0.1, -0.05) is 18.7 Å². The first-order chi connectivity index (χ1) is 14.4. The molecule has 0 atom stereocenters. The molecule has 2 aromatic heterocycles. The number of nitrogens with two attached hydrogens (primary N) is 1.